The Bertz CT molecular complexity index is 695. The number of hydrogen-bond acceptors (Lipinski definition) is 5. The molecule has 0 bridgehead atoms. The maximum atomic E-state index is 6.22. The highest BCUT2D eigenvalue weighted by atomic mass is 16.5. The smallest absolute Gasteiger partial charge is 0.152 e. The molecule has 0 spiro atoms. The molecular weight excluding hydrogens is 336 g/mol. The van der Waals surface area contributed by atoms with Crippen LogP contribution >= 0.6 is 0 Å². The highest BCUT2D eigenvalue weighted by Gasteiger charge is 2.14. The summed E-state index contributed by atoms with van der Waals surface area (Å²) in [6, 6.07) is 7.68. The molecule has 2 aromatic rings. The molecule has 5 heteroatoms. The van der Waals surface area contributed by atoms with E-state index < -0.39 is 0 Å². The fourth-order valence-corrected chi connectivity index (χ4v) is 3.19. The maximum absolute atomic E-state index is 6.22. The fourth-order valence-electron chi connectivity index (χ4n) is 3.19. The maximum Gasteiger partial charge on any atom is 0.152 e. The highest BCUT2D eigenvalue weighted by molar-refractivity contribution is 5.78. The van der Waals surface area contributed by atoms with E-state index in [9.17, 15) is 0 Å². The monoisotopic (exact) mass is 370 g/mol. The van der Waals surface area contributed by atoms with Crippen LogP contribution in [0.15, 0.2) is 24.3 Å². The van der Waals surface area contributed by atoms with Crippen LogP contribution in [0.1, 0.15) is 63.5 Å². The van der Waals surface area contributed by atoms with E-state index in [4.69, 9.17) is 27.7 Å². The van der Waals surface area contributed by atoms with Gasteiger partial charge in [-0.15, -0.1) is 0 Å². The largest absolute Gasteiger partial charge is 0.453 e. The van der Waals surface area contributed by atoms with Crippen molar-refractivity contribution in [1.29, 1.82) is 0 Å². The second kappa shape index (κ2) is 9.95. The molecule has 0 atom stereocenters. The Hall–Kier alpha value is -2.56. The summed E-state index contributed by atoms with van der Waals surface area (Å²) in [4.78, 5) is 0. The van der Waals surface area contributed by atoms with Gasteiger partial charge in [0.1, 0.15) is 0 Å². The number of nitrogen functional groups attached to an aromatic ring is 4. The number of ether oxygens (including phenoxy) is 1. The van der Waals surface area contributed by atoms with Gasteiger partial charge in [-0.05, 0) is 48.9 Å². The van der Waals surface area contributed by atoms with Crippen molar-refractivity contribution < 1.29 is 4.74 Å². The lowest BCUT2D eigenvalue weighted by molar-refractivity contribution is 0.487. The summed E-state index contributed by atoms with van der Waals surface area (Å²) in [6.07, 6.45) is 8.75. The Morgan fingerprint density at radius 3 is 1.37 bits per heavy atom. The summed E-state index contributed by atoms with van der Waals surface area (Å²) >= 11 is 0. The molecule has 0 aliphatic rings. The highest BCUT2D eigenvalue weighted by Crippen LogP contribution is 2.39. The molecule has 2 rings (SSSR count). The van der Waals surface area contributed by atoms with E-state index in [1.165, 1.54) is 25.7 Å². The van der Waals surface area contributed by atoms with Gasteiger partial charge in [0.25, 0.3) is 0 Å². The Balaban J connectivity index is 2.17. The van der Waals surface area contributed by atoms with Crippen molar-refractivity contribution >= 4 is 22.7 Å². The Kier molecular flexibility index (Phi) is 7.65. The molecular formula is C22H34N4O. The van der Waals surface area contributed by atoms with Gasteiger partial charge in [-0.25, -0.2) is 0 Å². The minimum atomic E-state index is 0.453. The van der Waals surface area contributed by atoms with Crippen LogP contribution in [0.4, 0.5) is 22.7 Å². The topological polar surface area (TPSA) is 113 Å². The first-order valence-electron chi connectivity index (χ1n) is 10.0. The van der Waals surface area contributed by atoms with Gasteiger partial charge in [-0.3, -0.25) is 0 Å². The Morgan fingerprint density at radius 2 is 1.00 bits per heavy atom. The van der Waals surface area contributed by atoms with Crippen molar-refractivity contribution in [2.45, 2.75) is 65.2 Å². The molecule has 0 aliphatic carbocycles. The molecule has 0 fully saturated rings. The lowest BCUT2D eigenvalue weighted by Crippen LogP contribution is -2.05. The van der Waals surface area contributed by atoms with Gasteiger partial charge >= 0.3 is 0 Å². The van der Waals surface area contributed by atoms with E-state index in [2.05, 4.69) is 13.8 Å². The lowest BCUT2D eigenvalue weighted by Gasteiger charge is -2.16. The SMILES string of the molecule is CCCCCc1ccc(Oc2ccc(CCCCC)c(N)c2N)c(N)c1N. The van der Waals surface area contributed by atoms with E-state index in [-0.39, 0.29) is 0 Å². The number of rotatable bonds is 10. The molecule has 27 heavy (non-hydrogen) atoms. The molecule has 8 N–H and O–H groups in total. The first-order chi connectivity index (χ1) is 13.0. The van der Waals surface area contributed by atoms with E-state index in [1.807, 2.05) is 24.3 Å². The second-order valence-electron chi connectivity index (χ2n) is 7.12. The third kappa shape index (κ3) is 5.22. The average molecular weight is 371 g/mol. The lowest BCUT2D eigenvalue weighted by atomic mass is 10.0. The first-order valence-corrected chi connectivity index (χ1v) is 10.0. The van der Waals surface area contributed by atoms with Gasteiger partial charge < -0.3 is 27.7 Å². The Labute approximate surface area is 163 Å². The van der Waals surface area contributed by atoms with Crippen molar-refractivity contribution in [3.05, 3.63) is 35.4 Å². The van der Waals surface area contributed by atoms with Crippen LogP contribution in [0.25, 0.3) is 0 Å². The van der Waals surface area contributed by atoms with Crippen LogP contribution in [0, 0.1) is 0 Å². The normalized spacial score (nSPS) is 10.9. The van der Waals surface area contributed by atoms with Crippen molar-refractivity contribution in [2.75, 3.05) is 22.9 Å². The average Bonchev–Trinajstić information content (AvgIpc) is 2.66. The van der Waals surface area contributed by atoms with Crippen LogP contribution in [0.2, 0.25) is 0 Å². The molecule has 0 aromatic heterocycles. The number of unbranched alkanes of at least 4 members (excludes halogenated alkanes) is 4. The van der Waals surface area contributed by atoms with Gasteiger partial charge in [-0.1, -0.05) is 51.7 Å². The van der Waals surface area contributed by atoms with Crippen molar-refractivity contribution in [3.63, 3.8) is 0 Å². The molecule has 2 aromatic carbocycles. The summed E-state index contributed by atoms with van der Waals surface area (Å²) in [6.45, 7) is 4.36. The van der Waals surface area contributed by atoms with Crippen LogP contribution in [-0.2, 0) is 12.8 Å². The van der Waals surface area contributed by atoms with Gasteiger partial charge in [0.05, 0.1) is 22.7 Å². The molecule has 0 aliphatic heterocycles. The zero-order valence-corrected chi connectivity index (χ0v) is 16.7. The number of anilines is 4. The molecule has 0 radical (unpaired) electrons. The molecule has 0 saturated carbocycles. The summed E-state index contributed by atoms with van der Waals surface area (Å²) in [5.41, 5.74) is 29.1. The van der Waals surface area contributed by atoms with Crippen LogP contribution in [-0.4, -0.2) is 0 Å². The quantitative estimate of drug-likeness (QED) is 0.336. The standard InChI is InChI=1S/C22H34N4O/c1-3-5-7-9-15-11-13-17(21(25)19(15)23)27-18-14-12-16(10-8-6-4-2)20(24)22(18)26/h11-14H,3-10,23-26H2,1-2H3. The summed E-state index contributed by atoms with van der Waals surface area (Å²) < 4.78 is 5.95. The molecule has 148 valence electrons. The molecule has 0 heterocycles. The number of hydrogen-bond donors (Lipinski definition) is 4. The number of benzene rings is 2. The van der Waals surface area contributed by atoms with E-state index in [0.717, 1.165) is 36.8 Å². The predicted octanol–water partition coefficient (Wildman–Crippen LogP) is 5.27. The zero-order valence-electron chi connectivity index (χ0n) is 16.7. The number of aryl methyl sites for hydroxylation is 2. The van der Waals surface area contributed by atoms with Gasteiger partial charge in [0, 0.05) is 0 Å². The second-order valence-corrected chi connectivity index (χ2v) is 7.12. The minimum Gasteiger partial charge on any atom is -0.453 e. The number of nitrogens with two attached hydrogens (primary N) is 4. The molecule has 0 saturated heterocycles. The van der Waals surface area contributed by atoms with Crippen LogP contribution in [0.5, 0.6) is 11.5 Å². The molecule has 0 unspecified atom stereocenters. The summed E-state index contributed by atoms with van der Waals surface area (Å²) in [5, 5.41) is 0. The predicted molar refractivity (Wildman–Crippen MR) is 117 cm³/mol. The van der Waals surface area contributed by atoms with Crippen molar-refractivity contribution in [1.82, 2.24) is 0 Å². The summed E-state index contributed by atoms with van der Waals surface area (Å²) in [7, 11) is 0. The van der Waals surface area contributed by atoms with Gasteiger partial charge in [0.2, 0.25) is 0 Å². The van der Waals surface area contributed by atoms with E-state index >= 15 is 0 Å². The van der Waals surface area contributed by atoms with Crippen molar-refractivity contribution in [2.24, 2.45) is 0 Å². The first kappa shape index (κ1) is 20.7. The minimum absolute atomic E-state index is 0.453. The third-order valence-electron chi connectivity index (χ3n) is 4.99. The zero-order chi connectivity index (χ0) is 19.8. The third-order valence-corrected chi connectivity index (χ3v) is 4.99. The Morgan fingerprint density at radius 1 is 0.593 bits per heavy atom. The molecule has 5 nitrogen and oxygen atoms in total. The van der Waals surface area contributed by atoms with E-state index in [1.54, 1.807) is 0 Å². The summed E-state index contributed by atoms with van der Waals surface area (Å²) in [5.74, 6) is 1.02. The van der Waals surface area contributed by atoms with Crippen molar-refractivity contribution in [3.8, 4) is 11.5 Å². The van der Waals surface area contributed by atoms with Crippen LogP contribution < -0.4 is 27.7 Å². The van der Waals surface area contributed by atoms with Gasteiger partial charge in [0.15, 0.2) is 11.5 Å². The van der Waals surface area contributed by atoms with E-state index in [0.29, 0.717) is 34.2 Å². The fraction of sp³-hybridized carbons (Fsp3) is 0.455. The van der Waals surface area contributed by atoms with Gasteiger partial charge in [-0.2, -0.15) is 0 Å². The van der Waals surface area contributed by atoms with Crippen LogP contribution in [0.3, 0.4) is 0 Å². The molecule has 0 amide bonds.